The van der Waals surface area contributed by atoms with Crippen molar-refractivity contribution in [3.05, 3.63) is 0 Å². The van der Waals surface area contributed by atoms with E-state index in [0.717, 1.165) is 69.8 Å². The van der Waals surface area contributed by atoms with Crippen LogP contribution < -0.4 is 5.32 Å². The highest BCUT2D eigenvalue weighted by Gasteiger charge is 2.35. The van der Waals surface area contributed by atoms with Crippen molar-refractivity contribution in [1.82, 2.24) is 15.1 Å². The first-order chi connectivity index (χ1) is 11.8. The molecule has 0 radical (unpaired) electrons. The van der Waals surface area contributed by atoms with E-state index in [1.54, 1.807) is 0 Å². The molecule has 0 bridgehead atoms. The topological polar surface area (TPSA) is 51.1 Å². The number of piperidine rings is 1. The van der Waals surface area contributed by atoms with E-state index in [9.17, 15) is 5.11 Å². The lowest BCUT2D eigenvalue weighted by molar-refractivity contribution is 0.0824. The second-order valence-corrected chi connectivity index (χ2v) is 7.87. The van der Waals surface area contributed by atoms with Crippen LogP contribution in [-0.2, 0) is 0 Å². The lowest BCUT2D eigenvalue weighted by atomic mass is 9.82. The van der Waals surface area contributed by atoms with Crippen molar-refractivity contribution in [1.29, 1.82) is 0 Å². The van der Waals surface area contributed by atoms with Crippen molar-refractivity contribution < 1.29 is 5.11 Å². The number of rotatable bonds is 5. The van der Waals surface area contributed by atoms with Gasteiger partial charge in [-0.1, -0.05) is 12.8 Å². The molecule has 0 aromatic heterocycles. The zero-order valence-corrected chi connectivity index (χ0v) is 15.4. The van der Waals surface area contributed by atoms with Gasteiger partial charge in [0.2, 0.25) is 0 Å². The van der Waals surface area contributed by atoms with Crippen LogP contribution in [-0.4, -0.2) is 72.8 Å². The van der Waals surface area contributed by atoms with E-state index in [1.807, 2.05) is 0 Å². The van der Waals surface area contributed by atoms with E-state index in [4.69, 9.17) is 4.99 Å². The summed E-state index contributed by atoms with van der Waals surface area (Å²) in [5.74, 6) is 2.95. The molecule has 138 valence electrons. The number of nitrogens with one attached hydrogen (secondary N) is 1. The smallest absolute Gasteiger partial charge is 0.193 e. The molecule has 0 spiro atoms. The second-order valence-electron chi connectivity index (χ2n) is 7.87. The molecule has 2 atom stereocenters. The maximum Gasteiger partial charge on any atom is 0.193 e. The number of likely N-dealkylation sites (tertiary alicyclic amines) is 2. The molecule has 0 aromatic rings. The molecule has 3 aliphatic rings. The van der Waals surface area contributed by atoms with Crippen molar-refractivity contribution >= 4 is 5.96 Å². The molecule has 5 nitrogen and oxygen atoms in total. The van der Waals surface area contributed by atoms with Crippen LogP contribution in [0.5, 0.6) is 0 Å². The summed E-state index contributed by atoms with van der Waals surface area (Å²) in [5.41, 5.74) is 0. The fraction of sp³-hybridized carbons (Fsp3) is 0.947. The van der Waals surface area contributed by atoms with Crippen LogP contribution in [0.1, 0.15) is 51.9 Å². The van der Waals surface area contributed by atoms with Gasteiger partial charge in [-0.15, -0.1) is 0 Å². The van der Waals surface area contributed by atoms with Gasteiger partial charge in [0.15, 0.2) is 5.96 Å². The summed E-state index contributed by atoms with van der Waals surface area (Å²) >= 11 is 0. The summed E-state index contributed by atoms with van der Waals surface area (Å²) in [7, 11) is 0. The zero-order chi connectivity index (χ0) is 16.8. The van der Waals surface area contributed by atoms with Crippen LogP contribution in [0.2, 0.25) is 0 Å². The number of fused-ring (bicyclic) bond motifs is 1. The Kier molecular flexibility index (Phi) is 6.78. The molecule has 1 saturated carbocycles. The Labute approximate surface area is 147 Å². The summed E-state index contributed by atoms with van der Waals surface area (Å²) in [4.78, 5) is 9.90. The van der Waals surface area contributed by atoms with Gasteiger partial charge in [0.1, 0.15) is 0 Å². The van der Waals surface area contributed by atoms with Crippen molar-refractivity contribution in [2.24, 2.45) is 16.8 Å². The quantitative estimate of drug-likeness (QED) is 0.457. The molecule has 2 unspecified atom stereocenters. The Bertz CT molecular complexity index is 392. The summed E-state index contributed by atoms with van der Waals surface area (Å²) in [6.45, 7) is 9.64. The predicted octanol–water partition coefficient (Wildman–Crippen LogP) is 1.92. The third kappa shape index (κ3) is 4.85. The molecule has 0 amide bonds. The van der Waals surface area contributed by atoms with Gasteiger partial charge in [-0.25, -0.2) is 0 Å². The lowest BCUT2D eigenvalue weighted by Crippen LogP contribution is -2.40. The number of nitrogens with zero attached hydrogens (tertiary/aromatic N) is 3. The van der Waals surface area contributed by atoms with E-state index in [1.165, 1.54) is 38.8 Å². The van der Waals surface area contributed by atoms with Gasteiger partial charge >= 0.3 is 0 Å². The molecule has 3 fully saturated rings. The molecule has 0 aromatic carbocycles. The van der Waals surface area contributed by atoms with Crippen molar-refractivity contribution in [3.8, 4) is 0 Å². The molecule has 24 heavy (non-hydrogen) atoms. The predicted molar refractivity (Wildman–Crippen MR) is 99.3 cm³/mol. The Morgan fingerprint density at radius 2 is 1.75 bits per heavy atom. The van der Waals surface area contributed by atoms with Gasteiger partial charge in [-0.3, -0.25) is 4.99 Å². The van der Waals surface area contributed by atoms with E-state index in [2.05, 4.69) is 22.0 Å². The standard InChI is InChI=1S/C19H36N4O/c1-2-20-19(23-14-16-6-3-4-7-17(16)15-23)21-10-5-11-22-12-8-18(24)9-13-22/h16-18,24H,2-15H2,1H3,(H,20,21). The minimum atomic E-state index is -0.0710. The molecule has 2 N–H and O–H groups in total. The number of aliphatic hydroxyl groups excluding tert-OH is 1. The Hall–Kier alpha value is -0.810. The molecular weight excluding hydrogens is 300 g/mol. The van der Waals surface area contributed by atoms with Crippen LogP contribution in [0.3, 0.4) is 0 Å². The molecule has 2 heterocycles. The lowest BCUT2D eigenvalue weighted by Gasteiger charge is -2.29. The van der Waals surface area contributed by atoms with Crippen LogP contribution in [0.15, 0.2) is 4.99 Å². The van der Waals surface area contributed by atoms with Crippen LogP contribution in [0.25, 0.3) is 0 Å². The van der Waals surface area contributed by atoms with Gasteiger partial charge in [-0.05, 0) is 57.4 Å². The summed E-state index contributed by atoms with van der Waals surface area (Å²) < 4.78 is 0. The normalized spacial score (nSPS) is 29.8. The van der Waals surface area contributed by atoms with Gasteiger partial charge in [0, 0.05) is 39.3 Å². The van der Waals surface area contributed by atoms with Crippen molar-refractivity contribution in [2.75, 3.05) is 45.8 Å². The molecule has 3 rings (SSSR count). The third-order valence-electron chi connectivity index (χ3n) is 6.06. The van der Waals surface area contributed by atoms with Gasteiger partial charge < -0.3 is 20.2 Å². The maximum atomic E-state index is 9.58. The zero-order valence-electron chi connectivity index (χ0n) is 15.4. The van der Waals surface area contributed by atoms with E-state index in [-0.39, 0.29) is 6.10 Å². The number of guanidine groups is 1. The minimum absolute atomic E-state index is 0.0710. The maximum absolute atomic E-state index is 9.58. The molecule has 2 aliphatic heterocycles. The number of aliphatic imine (C=N–C) groups is 1. The fourth-order valence-electron chi connectivity index (χ4n) is 4.63. The summed E-state index contributed by atoms with van der Waals surface area (Å²) in [5, 5.41) is 13.1. The van der Waals surface area contributed by atoms with Crippen LogP contribution in [0.4, 0.5) is 0 Å². The number of hydrogen-bond donors (Lipinski definition) is 2. The largest absolute Gasteiger partial charge is 0.393 e. The van der Waals surface area contributed by atoms with Crippen molar-refractivity contribution in [3.63, 3.8) is 0 Å². The van der Waals surface area contributed by atoms with Gasteiger partial charge in [0.25, 0.3) is 0 Å². The highest BCUT2D eigenvalue weighted by Crippen LogP contribution is 2.35. The van der Waals surface area contributed by atoms with Gasteiger partial charge in [0.05, 0.1) is 6.10 Å². The number of hydrogen-bond acceptors (Lipinski definition) is 3. The summed E-state index contributed by atoms with van der Waals surface area (Å²) in [6, 6.07) is 0. The Morgan fingerprint density at radius 1 is 1.08 bits per heavy atom. The van der Waals surface area contributed by atoms with E-state index in [0.29, 0.717) is 0 Å². The first-order valence-corrected chi connectivity index (χ1v) is 10.2. The molecule has 5 heteroatoms. The van der Waals surface area contributed by atoms with Crippen molar-refractivity contribution in [2.45, 2.75) is 58.0 Å². The average Bonchev–Trinajstić information content (AvgIpc) is 3.03. The number of aliphatic hydroxyl groups is 1. The molecule has 1 aliphatic carbocycles. The average molecular weight is 337 g/mol. The van der Waals surface area contributed by atoms with E-state index >= 15 is 0 Å². The van der Waals surface area contributed by atoms with Crippen LogP contribution in [0, 0.1) is 11.8 Å². The fourth-order valence-corrected chi connectivity index (χ4v) is 4.63. The molecule has 2 saturated heterocycles. The van der Waals surface area contributed by atoms with Gasteiger partial charge in [-0.2, -0.15) is 0 Å². The third-order valence-corrected chi connectivity index (χ3v) is 6.06. The first kappa shape index (κ1) is 18.0. The van der Waals surface area contributed by atoms with Crippen LogP contribution >= 0.6 is 0 Å². The minimum Gasteiger partial charge on any atom is -0.393 e. The molecular formula is C19H36N4O. The monoisotopic (exact) mass is 336 g/mol. The first-order valence-electron chi connectivity index (χ1n) is 10.2. The van der Waals surface area contributed by atoms with E-state index < -0.39 is 0 Å². The second kappa shape index (κ2) is 9.04. The summed E-state index contributed by atoms with van der Waals surface area (Å²) in [6.07, 6.45) is 8.60. The Balaban J connectivity index is 1.43. The highest BCUT2D eigenvalue weighted by atomic mass is 16.3. The highest BCUT2D eigenvalue weighted by molar-refractivity contribution is 5.80. The Morgan fingerprint density at radius 3 is 2.38 bits per heavy atom. The SMILES string of the molecule is CCNC(=NCCCN1CCC(O)CC1)N1CC2CCCCC2C1.